The van der Waals surface area contributed by atoms with Gasteiger partial charge in [-0.1, -0.05) is 115 Å². The fourth-order valence-electron chi connectivity index (χ4n) is 5.30. The van der Waals surface area contributed by atoms with Crippen LogP contribution in [0.3, 0.4) is 0 Å². The Balaban J connectivity index is 1.23. The fraction of sp³-hybridized carbons (Fsp3) is 0.176. The number of nitrogens with zero attached hydrogens (tertiary/aromatic N) is 4. The van der Waals surface area contributed by atoms with E-state index in [0.717, 1.165) is 33.7 Å². The van der Waals surface area contributed by atoms with E-state index in [1.165, 1.54) is 10.9 Å². The normalized spacial score (nSPS) is 12.8. The van der Waals surface area contributed by atoms with Gasteiger partial charge in [-0.05, 0) is 61.5 Å². The maximum atomic E-state index is 13.5. The Morgan fingerprint density at radius 3 is 1.95 bits per heavy atom. The molecule has 0 fully saturated rings. The monoisotopic (exact) mass is 540 g/mol. The van der Waals surface area contributed by atoms with Crippen molar-refractivity contribution in [2.24, 2.45) is 5.73 Å². The van der Waals surface area contributed by atoms with Gasteiger partial charge in [0.15, 0.2) is 5.82 Å². The van der Waals surface area contributed by atoms with Crippen molar-refractivity contribution in [3.63, 3.8) is 0 Å². The number of benzene rings is 5. The molecule has 5 aromatic carbocycles. The molecule has 41 heavy (non-hydrogen) atoms. The van der Waals surface area contributed by atoms with Crippen LogP contribution in [0.2, 0.25) is 0 Å². The molecule has 6 rings (SSSR count). The average molecular weight is 541 g/mol. The number of fused-ring (bicyclic) bond motifs is 2. The van der Waals surface area contributed by atoms with Crippen molar-refractivity contribution in [2.45, 2.75) is 37.9 Å². The van der Waals surface area contributed by atoms with Gasteiger partial charge in [-0.25, -0.2) is 4.68 Å². The molecule has 0 saturated carbocycles. The maximum absolute atomic E-state index is 13.5. The molecule has 1 heterocycles. The molecule has 7 nitrogen and oxygen atoms in total. The minimum atomic E-state index is -0.719. The van der Waals surface area contributed by atoms with E-state index in [0.29, 0.717) is 25.2 Å². The predicted molar refractivity (Wildman–Crippen MR) is 162 cm³/mol. The first-order valence-electron chi connectivity index (χ1n) is 13.9. The summed E-state index contributed by atoms with van der Waals surface area (Å²) in [5, 5.41) is 20.4. The van der Waals surface area contributed by atoms with Gasteiger partial charge in [-0.2, -0.15) is 0 Å². The van der Waals surface area contributed by atoms with Crippen LogP contribution in [0, 0.1) is 0 Å². The molecular weight excluding hydrogens is 508 g/mol. The number of carbonyl (C=O) groups is 1. The van der Waals surface area contributed by atoms with Gasteiger partial charge in [0, 0.05) is 13.0 Å². The lowest BCUT2D eigenvalue weighted by Crippen LogP contribution is -2.44. The van der Waals surface area contributed by atoms with Crippen LogP contribution in [0.4, 0.5) is 0 Å². The van der Waals surface area contributed by atoms with Crippen LogP contribution in [-0.4, -0.2) is 32.2 Å². The minimum absolute atomic E-state index is 0.235. The van der Waals surface area contributed by atoms with Crippen molar-refractivity contribution >= 4 is 27.5 Å². The van der Waals surface area contributed by atoms with E-state index < -0.39 is 12.1 Å². The van der Waals surface area contributed by atoms with Gasteiger partial charge in [0.05, 0.1) is 12.1 Å². The molecule has 0 saturated heterocycles. The third kappa shape index (κ3) is 6.31. The number of nitrogens with two attached hydrogens (primary N) is 1. The summed E-state index contributed by atoms with van der Waals surface area (Å²) in [4.78, 5) is 13.5. The highest BCUT2D eigenvalue weighted by atomic mass is 16.2. The van der Waals surface area contributed by atoms with Crippen LogP contribution in [0.15, 0.2) is 115 Å². The largest absolute Gasteiger partial charge is 0.344 e. The second kappa shape index (κ2) is 12.1. The fourth-order valence-corrected chi connectivity index (χ4v) is 5.30. The first kappa shape index (κ1) is 26.3. The Morgan fingerprint density at radius 2 is 1.29 bits per heavy atom. The number of amides is 1. The zero-order valence-electron chi connectivity index (χ0n) is 22.7. The average Bonchev–Trinajstić information content (AvgIpc) is 3.49. The van der Waals surface area contributed by atoms with Gasteiger partial charge in [0.1, 0.15) is 0 Å². The zero-order chi connectivity index (χ0) is 28.0. The molecule has 0 bridgehead atoms. The number of hydrogen-bond donors (Lipinski definition) is 2. The molecule has 0 spiro atoms. The Morgan fingerprint density at radius 1 is 0.707 bits per heavy atom. The highest BCUT2D eigenvalue weighted by Gasteiger charge is 2.25. The number of tetrazole rings is 1. The molecule has 204 valence electrons. The lowest BCUT2D eigenvalue weighted by Gasteiger charge is -2.21. The Kier molecular flexibility index (Phi) is 7.78. The summed E-state index contributed by atoms with van der Waals surface area (Å²) < 4.78 is 1.79. The lowest BCUT2D eigenvalue weighted by molar-refractivity contribution is -0.123. The highest BCUT2D eigenvalue weighted by molar-refractivity contribution is 5.85. The summed E-state index contributed by atoms with van der Waals surface area (Å²) in [5.41, 5.74) is 9.76. The molecular formula is C34H32N6O. The second-order valence-corrected chi connectivity index (χ2v) is 10.4. The van der Waals surface area contributed by atoms with E-state index in [2.05, 4.69) is 87.6 Å². The molecule has 1 amide bonds. The van der Waals surface area contributed by atoms with Crippen LogP contribution < -0.4 is 11.1 Å². The third-order valence-electron chi connectivity index (χ3n) is 7.50. The number of carbonyl (C=O) groups excluding carboxylic acids is 1. The van der Waals surface area contributed by atoms with E-state index in [4.69, 9.17) is 5.73 Å². The second-order valence-electron chi connectivity index (χ2n) is 10.4. The summed E-state index contributed by atoms with van der Waals surface area (Å²) in [6, 6.07) is 38.0. The molecule has 6 aromatic rings. The molecule has 0 aliphatic heterocycles. The number of rotatable bonds is 10. The van der Waals surface area contributed by atoms with Crippen molar-refractivity contribution in [2.75, 3.05) is 0 Å². The predicted octanol–water partition coefficient (Wildman–Crippen LogP) is 5.19. The first-order chi connectivity index (χ1) is 20.1. The van der Waals surface area contributed by atoms with Crippen molar-refractivity contribution < 1.29 is 4.79 Å². The quantitative estimate of drug-likeness (QED) is 0.249. The molecule has 0 unspecified atom stereocenters. The number of aryl methyl sites for hydroxylation is 2. The summed E-state index contributed by atoms with van der Waals surface area (Å²) in [6.45, 7) is 0.597. The summed E-state index contributed by atoms with van der Waals surface area (Å²) in [7, 11) is 0. The third-order valence-corrected chi connectivity index (χ3v) is 7.50. The van der Waals surface area contributed by atoms with Crippen molar-refractivity contribution in [3.05, 3.63) is 138 Å². The summed E-state index contributed by atoms with van der Waals surface area (Å²) in [6.07, 6.45) is 1.74. The Labute approximate surface area is 239 Å². The molecule has 0 aliphatic carbocycles. The van der Waals surface area contributed by atoms with E-state index >= 15 is 0 Å². The lowest BCUT2D eigenvalue weighted by atomic mass is 9.99. The molecule has 3 N–H and O–H groups in total. The summed E-state index contributed by atoms with van der Waals surface area (Å²) in [5.74, 6) is 0.377. The Bertz CT molecular complexity index is 1780. The smallest absolute Gasteiger partial charge is 0.237 e. The van der Waals surface area contributed by atoms with E-state index in [1.54, 1.807) is 4.68 Å². The van der Waals surface area contributed by atoms with E-state index in [-0.39, 0.29) is 5.91 Å². The van der Waals surface area contributed by atoms with Crippen LogP contribution in [0.25, 0.3) is 21.5 Å². The van der Waals surface area contributed by atoms with E-state index in [1.807, 2.05) is 48.5 Å². The molecule has 7 heteroatoms. The van der Waals surface area contributed by atoms with Gasteiger partial charge in [-0.15, -0.1) is 5.10 Å². The van der Waals surface area contributed by atoms with Gasteiger partial charge in [0.25, 0.3) is 0 Å². The Hall–Kier alpha value is -4.88. The summed E-state index contributed by atoms with van der Waals surface area (Å²) >= 11 is 0. The standard InChI is InChI=1S/C34H32N6O/c35-31(22-25-14-16-27-10-4-6-12-29(27)20-25)34(41)36-32(23-26-15-17-28-11-5-7-13-30(28)21-26)33-37-38-39-40(33)19-18-24-8-2-1-3-9-24/h1-17,20-21,31-32H,18-19,22-23,35H2,(H,36,41)/t31-,32-/m1/s1. The topological polar surface area (TPSA) is 98.7 Å². The van der Waals surface area contributed by atoms with Crippen LogP contribution in [0.1, 0.15) is 28.6 Å². The highest BCUT2D eigenvalue weighted by Crippen LogP contribution is 2.22. The molecule has 1 aromatic heterocycles. The van der Waals surface area contributed by atoms with Crippen LogP contribution in [-0.2, 0) is 30.6 Å². The molecule has 0 radical (unpaired) electrons. The van der Waals surface area contributed by atoms with Crippen LogP contribution in [0.5, 0.6) is 0 Å². The molecule has 0 aliphatic rings. The van der Waals surface area contributed by atoms with E-state index in [9.17, 15) is 4.79 Å². The van der Waals surface area contributed by atoms with Gasteiger partial charge >= 0.3 is 0 Å². The number of aromatic nitrogens is 4. The van der Waals surface area contributed by atoms with Crippen molar-refractivity contribution in [3.8, 4) is 0 Å². The SMILES string of the molecule is N[C@H](Cc1ccc2ccccc2c1)C(=O)N[C@H](Cc1ccc2ccccc2c1)c1nnnn1CCc1ccccc1. The minimum Gasteiger partial charge on any atom is -0.344 e. The molecule has 2 atom stereocenters. The van der Waals surface area contributed by atoms with Gasteiger partial charge in [0.2, 0.25) is 5.91 Å². The first-order valence-corrected chi connectivity index (χ1v) is 13.9. The van der Waals surface area contributed by atoms with Crippen molar-refractivity contribution in [1.82, 2.24) is 25.5 Å². The number of hydrogen-bond acceptors (Lipinski definition) is 5. The van der Waals surface area contributed by atoms with Crippen LogP contribution >= 0.6 is 0 Å². The van der Waals surface area contributed by atoms with Gasteiger partial charge < -0.3 is 11.1 Å². The van der Waals surface area contributed by atoms with Crippen molar-refractivity contribution in [1.29, 1.82) is 0 Å². The van der Waals surface area contributed by atoms with Gasteiger partial charge in [-0.3, -0.25) is 4.79 Å². The number of nitrogens with one attached hydrogen (secondary N) is 1. The maximum Gasteiger partial charge on any atom is 0.237 e. The zero-order valence-corrected chi connectivity index (χ0v) is 22.7.